The lowest BCUT2D eigenvalue weighted by atomic mass is 9.92. The van der Waals surface area contributed by atoms with Gasteiger partial charge < -0.3 is 33.7 Å². The molecule has 1 heterocycles. The van der Waals surface area contributed by atoms with Crippen molar-refractivity contribution >= 4 is 35.8 Å². The van der Waals surface area contributed by atoms with Gasteiger partial charge in [-0.3, -0.25) is 24.0 Å². The standard InChI is InChI=1S/C22H31NO12/c1-10(2)21(28)23-18-15(32-12(4)25)8-16(22(29)30-7)35-20(18)19(34-14(6)27)17(33-13(5)26)9-31-11(3)24/h8,10,15,17-20H,9H2,1-7H3,(H,23,28)/t15-,17?,18+,19+,20+/m0/s1. The quantitative estimate of drug-likeness (QED) is 0.313. The maximum Gasteiger partial charge on any atom is 0.373 e. The molecule has 0 saturated carbocycles. The summed E-state index contributed by atoms with van der Waals surface area (Å²) in [5.41, 5.74) is 0. The van der Waals surface area contributed by atoms with E-state index in [9.17, 15) is 28.8 Å². The molecule has 5 atom stereocenters. The Morgan fingerprint density at radius 1 is 0.943 bits per heavy atom. The summed E-state index contributed by atoms with van der Waals surface area (Å²) in [5, 5.41) is 2.65. The van der Waals surface area contributed by atoms with Crippen LogP contribution in [0.25, 0.3) is 0 Å². The molecule has 196 valence electrons. The number of carbonyl (C=O) groups excluding carboxylic acids is 6. The Morgan fingerprint density at radius 2 is 1.54 bits per heavy atom. The highest BCUT2D eigenvalue weighted by molar-refractivity contribution is 5.87. The Hall–Kier alpha value is -3.64. The van der Waals surface area contributed by atoms with Crippen LogP contribution in [0.1, 0.15) is 41.5 Å². The first-order chi connectivity index (χ1) is 16.3. The zero-order chi connectivity index (χ0) is 26.9. The van der Waals surface area contributed by atoms with E-state index in [1.807, 2.05) is 0 Å². The van der Waals surface area contributed by atoms with E-state index in [4.69, 9.17) is 23.7 Å². The van der Waals surface area contributed by atoms with E-state index in [1.165, 1.54) is 0 Å². The highest BCUT2D eigenvalue weighted by Crippen LogP contribution is 2.28. The van der Waals surface area contributed by atoms with Gasteiger partial charge in [0.1, 0.15) is 18.8 Å². The number of amides is 1. The molecule has 0 aromatic rings. The van der Waals surface area contributed by atoms with Gasteiger partial charge in [0.2, 0.25) is 11.7 Å². The van der Waals surface area contributed by atoms with E-state index < -0.39 is 84.5 Å². The van der Waals surface area contributed by atoms with Crippen LogP contribution in [0.3, 0.4) is 0 Å². The number of hydrogen-bond acceptors (Lipinski definition) is 12. The molecule has 1 aliphatic rings. The van der Waals surface area contributed by atoms with Gasteiger partial charge in [-0.2, -0.15) is 0 Å². The Kier molecular flexibility index (Phi) is 11.2. The second-order valence-corrected chi connectivity index (χ2v) is 7.89. The van der Waals surface area contributed by atoms with Crippen LogP contribution in [0.5, 0.6) is 0 Å². The molecule has 13 nitrogen and oxygen atoms in total. The first kappa shape index (κ1) is 29.4. The van der Waals surface area contributed by atoms with Gasteiger partial charge in [-0.05, 0) is 0 Å². The van der Waals surface area contributed by atoms with Crippen LogP contribution in [-0.4, -0.2) is 79.9 Å². The monoisotopic (exact) mass is 501 g/mol. The van der Waals surface area contributed by atoms with Crippen molar-refractivity contribution in [1.29, 1.82) is 0 Å². The first-order valence-corrected chi connectivity index (χ1v) is 10.7. The average Bonchev–Trinajstić information content (AvgIpc) is 2.74. The third-order valence-corrected chi connectivity index (χ3v) is 4.57. The molecule has 0 aromatic heterocycles. The molecule has 1 rings (SSSR count). The fourth-order valence-electron chi connectivity index (χ4n) is 3.14. The number of carbonyl (C=O) groups is 6. The Bertz CT molecular complexity index is 864. The zero-order valence-electron chi connectivity index (χ0n) is 20.6. The van der Waals surface area contributed by atoms with Gasteiger partial charge in [-0.1, -0.05) is 13.8 Å². The second-order valence-electron chi connectivity index (χ2n) is 7.89. The van der Waals surface area contributed by atoms with Gasteiger partial charge in [0.25, 0.3) is 0 Å². The molecule has 0 bridgehead atoms. The number of methoxy groups -OCH3 is 1. The zero-order valence-corrected chi connectivity index (χ0v) is 20.6. The van der Waals surface area contributed by atoms with Crippen LogP contribution < -0.4 is 5.32 Å². The fourth-order valence-corrected chi connectivity index (χ4v) is 3.14. The molecule has 1 amide bonds. The van der Waals surface area contributed by atoms with E-state index in [0.717, 1.165) is 40.9 Å². The van der Waals surface area contributed by atoms with Crippen molar-refractivity contribution in [2.24, 2.45) is 5.92 Å². The second kappa shape index (κ2) is 13.3. The number of rotatable bonds is 10. The van der Waals surface area contributed by atoms with Crippen LogP contribution in [-0.2, 0) is 57.2 Å². The number of ether oxygens (including phenoxy) is 6. The molecule has 0 radical (unpaired) electrons. The van der Waals surface area contributed by atoms with Crippen molar-refractivity contribution in [2.45, 2.75) is 72.0 Å². The third-order valence-electron chi connectivity index (χ3n) is 4.57. The molecule has 13 heteroatoms. The van der Waals surface area contributed by atoms with Crippen LogP contribution in [0.2, 0.25) is 0 Å². The third kappa shape index (κ3) is 9.26. The Balaban J connectivity index is 3.66. The summed E-state index contributed by atoms with van der Waals surface area (Å²) >= 11 is 0. The van der Waals surface area contributed by atoms with Crippen molar-refractivity contribution in [2.75, 3.05) is 13.7 Å². The average molecular weight is 501 g/mol. The molecule has 35 heavy (non-hydrogen) atoms. The Morgan fingerprint density at radius 3 is 2.00 bits per heavy atom. The number of hydrogen-bond donors (Lipinski definition) is 1. The van der Waals surface area contributed by atoms with E-state index in [2.05, 4.69) is 10.1 Å². The normalized spacial score (nSPS) is 20.8. The SMILES string of the molecule is COC(=O)C1=C[C@H](OC(C)=O)[C@@H](NC(=O)C(C)C)[C@H]([C@H](OC(C)=O)C(COC(C)=O)OC(C)=O)O1. The van der Waals surface area contributed by atoms with Gasteiger partial charge >= 0.3 is 29.8 Å². The minimum absolute atomic E-state index is 0.412. The molecule has 0 saturated heterocycles. The summed E-state index contributed by atoms with van der Waals surface area (Å²) in [4.78, 5) is 71.8. The predicted molar refractivity (Wildman–Crippen MR) is 115 cm³/mol. The summed E-state index contributed by atoms with van der Waals surface area (Å²) in [6.45, 7) is 7.04. The van der Waals surface area contributed by atoms with Crippen molar-refractivity contribution in [3.05, 3.63) is 11.8 Å². The van der Waals surface area contributed by atoms with E-state index in [1.54, 1.807) is 13.8 Å². The highest BCUT2D eigenvalue weighted by atomic mass is 16.6. The molecule has 1 unspecified atom stereocenters. The first-order valence-electron chi connectivity index (χ1n) is 10.7. The lowest BCUT2D eigenvalue weighted by molar-refractivity contribution is -0.192. The van der Waals surface area contributed by atoms with Crippen molar-refractivity contribution < 1.29 is 57.2 Å². The highest BCUT2D eigenvalue weighted by Gasteiger charge is 2.49. The van der Waals surface area contributed by atoms with E-state index in [0.29, 0.717) is 0 Å². The maximum atomic E-state index is 12.6. The van der Waals surface area contributed by atoms with Gasteiger partial charge in [0, 0.05) is 39.7 Å². The lowest BCUT2D eigenvalue weighted by Gasteiger charge is -2.41. The van der Waals surface area contributed by atoms with Crippen LogP contribution >= 0.6 is 0 Å². The summed E-state index contributed by atoms with van der Waals surface area (Å²) in [6.07, 6.45) is -4.54. The van der Waals surface area contributed by atoms with Gasteiger partial charge in [0.15, 0.2) is 18.3 Å². The molecule has 0 aromatic carbocycles. The van der Waals surface area contributed by atoms with Crippen LogP contribution in [0.15, 0.2) is 11.8 Å². The molecular formula is C22H31NO12. The number of esters is 5. The smallest absolute Gasteiger partial charge is 0.373 e. The van der Waals surface area contributed by atoms with E-state index in [-0.39, 0.29) is 0 Å². The van der Waals surface area contributed by atoms with Crippen LogP contribution in [0.4, 0.5) is 0 Å². The minimum Gasteiger partial charge on any atom is -0.477 e. The molecule has 0 fully saturated rings. The molecule has 1 aliphatic heterocycles. The van der Waals surface area contributed by atoms with Crippen molar-refractivity contribution in [3.8, 4) is 0 Å². The summed E-state index contributed by atoms with van der Waals surface area (Å²) < 4.78 is 31.3. The van der Waals surface area contributed by atoms with Crippen LogP contribution in [0, 0.1) is 5.92 Å². The Labute approximate surface area is 202 Å². The van der Waals surface area contributed by atoms with Gasteiger partial charge in [-0.25, -0.2) is 4.79 Å². The van der Waals surface area contributed by atoms with Crippen molar-refractivity contribution in [3.63, 3.8) is 0 Å². The molecular weight excluding hydrogens is 470 g/mol. The summed E-state index contributed by atoms with van der Waals surface area (Å²) in [7, 11) is 1.08. The lowest BCUT2D eigenvalue weighted by Crippen LogP contribution is -2.62. The van der Waals surface area contributed by atoms with Gasteiger partial charge in [-0.15, -0.1) is 0 Å². The van der Waals surface area contributed by atoms with Crippen molar-refractivity contribution in [1.82, 2.24) is 5.32 Å². The summed E-state index contributed by atoms with van der Waals surface area (Å²) in [5.74, 6) is -5.48. The van der Waals surface area contributed by atoms with E-state index >= 15 is 0 Å². The number of nitrogens with one attached hydrogen (secondary N) is 1. The summed E-state index contributed by atoms with van der Waals surface area (Å²) in [6, 6.07) is -1.22. The largest absolute Gasteiger partial charge is 0.477 e. The topological polar surface area (TPSA) is 170 Å². The predicted octanol–water partition coefficient (Wildman–Crippen LogP) is -0.0589. The van der Waals surface area contributed by atoms with Gasteiger partial charge in [0.05, 0.1) is 7.11 Å². The molecule has 0 spiro atoms. The molecule has 1 N–H and O–H groups in total. The maximum absolute atomic E-state index is 12.6. The molecule has 0 aliphatic carbocycles. The minimum atomic E-state index is -1.53. The fraction of sp³-hybridized carbons (Fsp3) is 0.636.